The van der Waals surface area contributed by atoms with E-state index in [1.165, 1.54) is 0 Å². The van der Waals surface area contributed by atoms with Crippen LogP contribution in [0.25, 0.3) is 0 Å². The lowest BCUT2D eigenvalue weighted by Crippen LogP contribution is -2.36. The van der Waals surface area contributed by atoms with E-state index in [1.807, 2.05) is 24.3 Å². The number of rotatable bonds is 3. The molecular formula is C19H22BrNO2S. The maximum absolute atomic E-state index is 13.0. The molecule has 0 radical (unpaired) electrons. The predicted octanol–water partition coefficient (Wildman–Crippen LogP) is 5.22. The second kappa shape index (κ2) is 6.89. The maximum atomic E-state index is 13.0. The first-order valence-electron chi connectivity index (χ1n) is 8.23. The fourth-order valence-electron chi connectivity index (χ4n) is 3.26. The predicted molar refractivity (Wildman–Crippen MR) is 104 cm³/mol. The molecule has 128 valence electrons. The summed E-state index contributed by atoms with van der Waals surface area (Å²) in [7, 11) is -1.14. The van der Waals surface area contributed by atoms with Crippen LogP contribution in [-0.2, 0) is 10.8 Å². The van der Waals surface area contributed by atoms with Crippen molar-refractivity contribution in [3.63, 3.8) is 0 Å². The van der Waals surface area contributed by atoms with Crippen LogP contribution in [0.3, 0.4) is 0 Å². The molecule has 1 atom stereocenters. The highest BCUT2D eigenvalue weighted by molar-refractivity contribution is 9.10. The monoisotopic (exact) mass is 407 g/mol. The summed E-state index contributed by atoms with van der Waals surface area (Å²) in [4.78, 5) is 2.96. The third-order valence-corrected chi connectivity index (χ3v) is 7.39. The van der Waals surface area contributed by atoms with Gasteiger partial charge in [-0.1, -0.05) is 32.0 Å². The van der Waals surface area contributed by atoms with Crippen LogP contribution in [0.5, 0.6) is 5.75 Å². The normalized spacial score (nSPS) is 19.6. The van der Waals surface area contributed by atoms with Gasteiger partial charge in [0.25, 0.3) is 0 Å². The van der Waals surface area contributed by atoms with Gasteiger partial charge in [-0.15, -0.1) is 0 Å². The number of phenols is 1. The van der Waals surface area contributed by atoms with Gasteiger partial charge in [0.05, 0.1) is 25.9 Å². The van der Waals surface area contributed by atoms with E-state index in [0.717, 1.165) is 30.8 Å². The quantitative estimate of drug-likeness (QED) is 0.757. The summed E-state index contributed by atoms with van der Waals surface area (Å²) in [5.41, 5.74) is 1.98. The Hall–Kier alpha value is -1.33. The van der Waals surface area contributed by atoms with Crippen molar-refractivity contribution in [2.45, 2.75) is 31.6 Å². The summed E-state index contributed by atoms with van der Waals surface area (Å²) in [6, 6.07) is 13.7. The first-order valence-corrected chi connectivity index (χ1v) is 10.3. The number of phenolic OH excluding ortho intramolecular Hbond substituents is 1. The highest BCUT2D eigenvalue weighted by Crippen LogP contribution is 2.44. The lowest BCUT2D eigenvalue weighted by molar-refractivity contribution is 0.316. The molecule has 0 spiro atoms. The molecule has 3 nitrogen and oxygen atoms in total. The number of para-hydroxylation sites is 1. The van der Waals surface area contributed by atoms with Crippen molar-refractivity contribution in [2.24, 2.45) is 5.41 Å². The molecule has 1 heterocycles. The van der Waals surface area contributed by atoms with E-state index in [0.29, 0.717) is 15.1 Å². The highest BCUT2D eigenvalue weighted by atomic mass is 79.9. The molecule has 1 unspecified atom stereocenters. The summed E-state index contributed by atoms with van der Waals surface area (Å²) in [6.45, 7) is 5.17. The Bertz CT molecular complexity index is 759. The third kappa shape index (κ3) is 3.11. The number of nitrogens with zero attached hydrogens (tertiary/aromatic N) is 1. The number of aromatic hydroxyl groups is 1. The van der Waals surface area contributed by atoms with Gasteiger partial charge in [0.1, 0.15) is 5.75 Å². The number of anilines is 2. The lowest BCUT2D eigenvalue weighted by Gasteiger charge is -2.35. The molecule has 2 aromatic rings. The largest absolute Gasteiger partial charge is 0.507 e. The molecule has 0 amide bonds. The van der Waals surface area contributed by atoms with Crippen LogP contribution in [-0.4, -0.2) is 21.6 Å². The molecule has 0 bridgehead atoms. The molecule has 24 heavy (non-hydrogen) atoms. The van der Waals surface area contributed by atoms with Gasteiger partial charge in [0.2, 0.25) is 0 Å². The van der Waals surface area contributed by atoms with E-state index in [2.05, 4.69) is 46.8 Å². The lowest BCUT2D eigenvalue weighted by atomic mass is 9.83. The smallest absolute Gasteiger partial charge is 0.131 e. The maximum Gasteiger partial charge on any atom is 0.131 e. The second-order valence-corrected chi connectivity index (χ2v) is 8.66. The Kier molecular flexibility index (Phi) is 5.02. The third-order valence-electron chi connectivity index (χ3n) is 5.06. The van der Waals surface area contributed by atoms with Gasteiger partial charge in [-0.25, -0.2) is 0 Å². The van der Waals surface area contributed by atoms with Crippen LogP contribution in [0, 0.1) is 5.41 Å². The van der Waals surface area contributed by atoms with Crippen LogP contribution >= 0.6 is 15.9 Å². The van der Waals surface area contributed by atoms with E-state index in [-0.39, 0.29) is 11.2 Å². The average Bonchev–Trinajstić information content (AvgIpc) is 2.72. The number of hydrogen-bond donors (Lipinski definition) is 1. The molecular weight excluding hydrogens is 386 g/mol. The number of benzene rings is 2. The minimum absolute atomic E-state index is 0.0121. The van der Waals surface area contributed by atoms with Gasteiger partial charge in [-0.2, -0.15) is 0 Å². The SMILES string of the molecule is CCC1(CC)CN(c2ccccc2)c2cc(Br)c(O)cc2S(=O)C1. The van der Waals surface area contributed by atoms with Crippen LogP contribution in [0.15, 0.2) is 51.8 Å². The van der Waals surface area contributed by atoms with Crippen molar-refractivity contribution in [1.29, 1.82) is 0 Å². The molecule has 0 saturated carbocycles. The van der Waals surface area contributed by atoms with Crippen LogP contribution in [0.2, 0.25) is 0 Å². The number of halogens is 1. The summed E-state index contributed by atoms with van der Waals surface area (Å²) in [5.74, 6) is 0.757. The number of fused-ring (bicyclic) bond motifs is 1. The van der Waals surface area contributed by atoms with E-state index in [1.54, 1.807) is 6.07 Å². The second-order valence-electron chi connectivity index (χ2n) is 6.39. The average molecular weight is 408 g/mol. The molecule has 2 aromatic carbocycles. The minimum atomic E-state index is -1.14. The summed E-state index contributed by atoms with van der Waals surface area (Å²) in [6.07, 6.45) is 1.94. The van der Waals surface area contributed by atoms with Gasteiger partial charge >= 0.3 is 0 Å². The summed E-state index contributed by atoms with van der Waals surface area (Å²) < 4.78 is 13.7. The molecule has 0 aromatic heterocycles. The number of hydrogen-bond acceptors (Lipinski definition) is 3. The molecule has 1 aliphatic rings. The zero-order chi connectivity index (χ0) is 17.3. The topological polar surface area (TPSA) is 40.5 Å². The van der Waals surface area contributed by atoms with Crippen LogP contribution in [0.4, 0.5) is 11.4 Å². The Morgan fingerprint density at radius 3 is 2.50 bits per heavy atom. The first kappa shape index (κ1) is 17.5. The van der Waals surface area contributed by atoms with Gasteiger partial charge in [-0.05, 0) is 58.5 Å². The van der Waals surface area contributed by atoms with Gasteiger partial charge < -0.3 is 10.0 Å². The summed E-state index contributed by atoms with van der Waals surface area (Å²) >= 11 is 3.41. The Morgan fingerprint density at radius 1 is 1.21 bits per heavy atom. The molecule has 1 aliphatic heterocycles. The van der Waals surface area contributed by atoms with Crippen LogP contribution in [0.1, 0.15) is 26.7 Å². The Labute approximate surface area is 154 Å². The minimum Gasteiger partial charge on any atom is -0.507 e. The standard InChI is InChI=1S/C19H22BrNO2S/c1-3-19(4-2)12-21(14-8-6-5-7-9-14)16-10-15(20)17(22)11-18(16)24(23)13-19/h5-11,22H,3-4,12-13H2,1-2H3. The molecule has 0 saturated heterocycles. The van der Waals surface area contributed by atoms with Crippen molar-refractivity contribution in [3.05, 3.63) is 46.9 Å². The van der Waals surface area contributed by atoms with Crippen molar-refractivity contribution in [2.75, 3.05) is 17.2 Å². The summed E-state index contributed by atoms with van der Waals surface area (Å²) in [5, 5.41) is 10.1. The van der Waals surface area contributed by atoms with Crippen LogP contribution < -0.4 is 4.90 Å². The van der Waals surface area contributed by atoms with Gasteiger partial charge in [-0.3, -0.25) is 4.21 Å². The van der Waals surface area contributed by atoms with Crippen molar-refractivity contribution in [1.82, 2.24) is 0 Å². The Morgan fingerprint density at radius 2 is 1.88 bits per heavy atom. The molecule has 5 heteroatoms. The van der Waals surface area contributed by atoms with Gasteiger partial charge in [0, 0.05) is 18.0 Å². The molecule has 0 fully saturated rings. The van der Waals surface area contributed by atoms with Crippen molar-refractivity contribution in [3.8, 4) is 5.75 Å². The van der Waals surface area contributed by atoms with Crippen molar-refractivity contribution < 1.29 is 9.32 Å². The Balaban J connectivity index is 2.22. The zero-order valence-corrected chi connectivity index (χ0v) is 16.4. The van der Waals surface area contributed by atoms with E-state index >= 15 is 0 Å². The highest BCUT2D eigenvalue weighted by Gasteiger charge is 2.37. The molecule has 0 aliphatic carbocycles. The van der Waals surface area contributed by atoms with E-state index in [9.17, 15) is 9.32 Å². The van der Waals surface area contributed by atoms with Gasteiger partial charge in [0.15, 0.2) is 0 Å². The zero-order valence-electron chi connectivity index (χ0n) is 14.0. The fourth-order valence-corrected chi connectivity index (χ4v) is 5.45. The van der Waals surface area contributed by atoms with E-state index < -0.39 is 10.8 Å². The molecule has 3 rings (SSSR count). The fraction of sp³-hybridized carbons (Fsp3) is 0.368. The van der Waals surface area contributed by atoms with Crippen molar-refractivity contribution >= 4 is 38.1 Å². The molecule has 1 N–H and O–H groups in total. The first-order chi connectivity index (χ1) is 11.5. The van der Waals surface area contributed by atoms with E-state index in [4.69, 9.17) is 0 Å².